The minimum atomic E-state index is -4.63. The molecule has 0 N–H and O–H groups in total. The van der Waals surface area contributed by atoms with Crippen LogP contribution in [0.1, 0.15) is 16.7 Å². The van der Waals surface area contributed by atoms with Crippen molar-refractivity contribution >= 4 is 0 Å². The molecule has 4 rings (SSSR count). The Labute approximate surface area is 178 Å². The van der Waals surface area contributed by atoms with E-state index in [1.54, 1.807) is 12.1 Å². The molecule has 1 aliphatic carbocycles. The first kappa shape index (κ1) is 21.9. The van der Waals surface area contributed by atoms with Gasteiger partial charge in [0.1, 0.15) is 22.9 Å². The first-order valence-electron chi connectivity index (χ1n) is 9.54. The zero-order valence-electron chi connectivity index (χ0n) is 16.4. The second kappa shape index (κ2) is 8.00. The van der Waals surface area contributed by atoms with Crippen molar-refractivity contribution in [2.24, 2.45) is 5.92 Å². The Balaban J connectivity index is 1.67. The molecule has 1 aliphatic rings. The fraction of sp³-hybridized carbons (Fsp3) is 0.167. The summed E-state index contributed by atoms with van der Waals surface area (Å²) in [4.78, 5) is 0. The molecule has 166 valence electrons. The van der Waals surface area contributed by atoms with Crippen LogP contribution in [0.25, 0.3) is 11.1 Å². The number of ether oxygens (including phenoxy) is 1. The maximum absolute atomic E-state index is 14.6. The molecule has 1 atom stereocenters. The molecular weight excluding hydrogens is 437 g/mol. The van der Waals surface area contributed by atoms with E-state index in [9.17, 15) is 30.7 Å². The van der Waals surface area contributed by atoms with Crippen LogP contribution in [0.4, 0.5) is 30.7 Å². The monoisotopic (exact) mass is 452 g/mol. The van der Waals surface area contributed by atoms with Gasteiger partial charge in [-0.25, -0.2) is 22.0 Å². The van der Waals surface area contributed by atoms with E-state index >= 15 is 0 Å². The molecule has 0 fully saturated rings. The van der Waals surface area contributed by atoms with E-state index in [4.69, 9.17) is 0 Å². The van der Waals surface area contributed by atoms with Crippen LogP contribution < -0.4 is 4.74 Å². The van der Waals surface area contributed by atoms with E-state index in [0.717, 1.165) is 29.7 Å². The van der Waals surface area contributed by atoms with E-state index in [-0.39, 0.29) is 23.6 Å². The summed E-state index contributed by atoms with van der Waals surface area (Å²) >= 11 is 0. The van der Waals surface area contributed by atoms with Gasteiger partial charge in [-0.1, -0.05) is 24.3 Å². The molecule has 1 nitrogen and oxygen atoms in total. The topological polar surface area (TPSA) is 9.23 Å². The van der Waals surface area contributed by atoms with Crippen molar-refractivity contribution in [3.8, 4) is 16.9 Å². The summed E-state index contributed by atoms with van der Waals surface area (Å²) in [5.74, 6) is -9.58. The number of allylic oxidation sites excluding steroid dienone is 1. The second-order valence-corrected chi connectivity index (χ2v) is 7.52. The largest absolute Gasteiger partial charge is 0.432 e. The van der Waals surface area contributed by atoms with Crippen molar-refractivity contribution in [3.05, 3.63) is 101 Å². The van der Waals surface area contributed by atoms with Gasteiger partial charge >= 0.3 is 6.11 Å². The van der Waals surface area contributed by atoms with E-state index in [2.05, 4.69) is 11.3 Å². The maximum Gasteiger partial charge on any atom is 0.432 e. The van der Waals surface area contributed by atoms with Crippen LogP contribution >= 0.6 is 0 Å². The molecule has 0 bridgehead atoms. The fourth-order valence-corrected chi connectivity index (χ4v) is 3.81. The summed E-state index contributed by atoms with van der Waals surface area (Å²) in [5, 5.41) is 0. The van der Waals surface area contributed by atoms with Gasteiger partial charge in [0.05, 0.1) is 0 Å². The van der Waals surface area contributed by atoms with Crippen LogP contribution in [0, 0.1) is 35.0 Å². The molecule has 32 heavy (non-hydrogen) atoms. The first-order valence-corrected chi connectivity index (χ1v) is 9.54. The van der Waals surface area contributed by atoms with Crippen LogP contribution in [0.2, 0.25) is 0 Å². The maximum atomic E-state index is 14.6. The highest BCUT2D eigenvalue weighted by Crippen LogP contribution is 2.38. The van der Waals surface area contributed by atoms with Gasteiger partial charge < -0.3 is 4.74 Å². The minimum Gasteiger partial charge on any atom is -0.429 e. The summed E-state index contributed by atoms with van der Waals surface area (Å²) in [5.41, 5.74) is 0.786. The van der Waals surface area contributed by atoms with Gasteiger partial charge in [0.2, 0.25) is 0 Å². The SMILES string of the molecule is C=CC1Cc2ccc(-c3cc(F)c(C(F)(F)Oc4cc(F)c(F)c(F)c4)c(F)c3)cc2C1. The number of halogens is 7. The number of hydrogen-bond donors (Lipinski definition) is 0. The van der Waals surface area contributed by atoms with Crippen molar-refractivity contribution in [1.82, 2.24) is 0 Å². The summed E-state index contributed by atoms with van der Waals surface area (Å²) in [7, 11) is 0. The molecule has 0 saturated carbocycles. The summed E-state index contributed by atoms with van der Waals surface area (Å²) in [6.45, 7) is 3.76. The molecule has 0 saturated heterocycles. The average Bonchev–Trinajstić information content (AvgIpc) is 3.13. The third-order valence-corrected chi connectivity index (χ3v) is 5.37. The van der Waals surface area contributed by atoms with Crippen LogP contribution in [0.3, 0.4) is 0 Å². The number of fused-ring (bicyclic) bond motifs is 1. The molecule has 0 spiro atoms. The minimum absolute atomic E-state index is 0.0308. The summed E-state index contributed by atoms with van der Waals surface area (Å²) < 4.78 is 102. The van der Waals surface area contributed by atoms with Crippen molar-refractivity contribution in [1.29, 1.82) is 0 Å². The molecule has 8 heteroatoms. The predicted octanol–water partition coefficient (Wildman–Crippen LogP) is 7.08. The lowest BCUT2D eigenvalue weighted by Crippen LogP contribution is -2.25. The predicted molar refractivity (Wildman–Crippen MR) is 104 cm³/mol. The average molecular weight is 452 g/mol. The lowest BCUT2D eigenvalue weighted by Gasteiger charge is -2.20. The van der Waals surface area contributed by atoms with Gasteiger partial charge in [0, 0.05) is 12.1 Å². The third kappa shape index (κ3) is 3.97. The van der Waals surface area contributed by atoms with Crippen molar-refractivity contribution < 1.29 is 35.5 Å². The highest BCUT2D eigenvalue weighted by atomic mass is 19.3. The first-order chi connectivity index (χ1) is 15.1. The number of alkyl halides is 2. The quantitative estimate of drug-likeness (QED) is 0.228. The molecule has 0 aromatic heterocycles. The zero-order valence-corrected chi connectivity index (χ0v) is 16.4. The Morgan fingerprint density at radius 3 is 1.97 bits per heavy atom. The number of rotatable bonds is 5. The second-order valence-electron chi connectivity index (χ2n) is 7.52. The number of hydrogen-bond acceptors (Lipinski definition) is 1. The van der Waals surface area contributed by atoms with Gasteiger partial charge in [0.25, 0.3) is 0 Å². The third-order valence-electron chi connectivity index (χ3n) is 5.37. The standard InChI is InChI=1S/C24H15F7O/c1-2-12-5-13-3-4-14(7-15(13)6-12)16-8-18(25)22(19(26)9-16)24(30,31)32-17-10-20(27)23(29)21(28)11-17/h2-4,7-12H,1,5-6H2. The number of benzene rings is 3. The Morgan fingerprint density at radius 2 is 1.38 bits per heavy atom. The Hall–Kier alpha value is -3.29. The Morgan fingerprint density at radius 1 is 0.781 bits per heavy atom. The highest BCUT2D eigenvalue weighted by Gasteiger charge is 2.41. The molecule has 3 aromatic carbocycles. The van der Waals surface area contributed by atoms with Gasteiger partial charge in [-0.15, -0.1) is 6.58 Å². The molecule has 0 radical (unpaired) electrons. The molecule has 0 heterocycles. The lowest BCUT2D eigenvalue weighted by molar-refractivity contribution is -0.189. The normalized spacial score (nSPS) is 15.5. The van der Waals surface area contributed by atoms with E-state index in [0.29, 0.717) is 12.0 Å². The molecule has 0 amide bonds. The summed E-state index contributed by atoms with van der Waals surface area (Å²) in [6, 6.07) is 6.94. The van der Waals surface area contributed by atoms with Gasteiger partial charge in [-0.3, -0.25) is 0 Å². The molecule has 1 unspecified atom stereocenters. The van der Waals surface area contributed by atoms with Crippen molar-refractivity contribution in [2.75, 3.05) is 0 Å². The van der Waals surface area contributed by atoms with Crippen molar-refractivity contribution in [3.63, 3.8) is 0 Å². The summed E-state index contributed by atoms with van der Waals surface area (Å²) in [6.07, 6.45) is -1.28. The van der Waals surface area contributed by atoms with E-state index < -0.39 is 46.5 Å². The molecular formula is C24H15F7O. The Bertz CT molecular complexity index is 1170. The fourth-order valence-electron chi connectivity index (χ4n) is 3.81. The lowest BCUT2D eigenvalue weighted by atomic mass is 9.98. The van der Waals surface area contributed by atoms with Gasteiger partial charge in [-0.05, 0) is 53.1 Å². The smallest absolute Gasteiger partial charge is 0.429 e. The van der Waals surface area contributed by atoms with Crippen LogP contribution in [0.5, 0.6) is 5.75 Å². The van der Waals surface area contributed by atoms with Crippen LogP contribution in [0.15, 0.2) is 55.1 Å². The molecule has 3 aromatic rings. The molecule has 0 aliphatic heterocycles. The highest BCUT2D eigenvalue weighted by molar-refractivity contribution is 5.66. The van der Waals surface area contributed by atoms with Crippen molar-refractivity contribution in [2.45, 2.75) is 19.0 Å². The Kier molecular flexibility index (Phi) is 5.48. The van der Waals surface area contributed by atoms with Crippen LogP contribution in [-0.2, 0) is 19.0 Å². The van der Waals surface area contributed by atoms with Gasteiger partial charge in [-0.2, -0.15) is 8.78 Å². The van der Waals surface area contributed by atoms with E-state index in [1.807, 2.05) is 12.1 Å². The zero-order chi connectivity index (χ0) is 23.2. The van der Waals surface area contributed by atoms with Gasteiger partial charge in [0.15, 0.2) is 17.5 Å². The van der Waals surface area contributed by atoms with Crippen LogP contribution in [-0.4, -0.2) is 0 Å². The van der Waals surface area contributed by atoms with E-state index in [1.165, 1.54) is 0 Å².